The Kier molecular flexibility index (Phi) is 5.26. The van der Waals surface area contributed by atoms with Crippen molar-refractivity contribution in [1.82, 2.24) is 0 Å². The highest BCUT2D eigenvalue weighted by Crippen LogP contribution is 2.21. The number of hydrogen-bond acceptors (Lipinski definition) is 3. The maximum Gasteiger partial charge on any atom is 0.140 e. The first-order valence-corrected chi connectivity index (χ1v) is 6.09. The predicted octanol–water partition coefficient (Wildman–Crippen LogP) is 2.49. The van der Waals surface area contributed by atoms with E-state index in [1.165, 1.54) is 18.2 Å². The molecule has 18 heavy (non-hydrogen) atoms. The number of nitrogens with zero attached hydrogens (tertiary/aromatic N) is 1. The van der Waals surface area contributed by atoms with Gasteiger partial charge in [0.2, 0.25) is 0 Å². The van der Waals surface area contributed by atoms with E-state index in [4.69, 9.17) is 11.0 Å². The Morgan fingerprint density at radius 1 is 1.39 bits per heavy atom. The number of halogens is 1. The summed E-state index contributed by atoms with van der Waals surface area (Å²) in [5.74, 6) is -0.0696. The third-order valence-electron chi connectivity index (χ3n) is 2.95. The molecule has 0 fully saturated rings. The number of aliphatic hydroxyl groups excluding tert-OH is 1. The molecule has 1 aromatic carbocycles. The first-order valence-electron chi connectivity index (χ1n) is 6.09. The lowest BCUT2D eigenvalue weighted by atomic mass is 9.95. The minimum absolute atomic E-state index is 0.0426. The Morgan fingerprint density at radius 3 is 2.61 bits per heavy atom. The van der Waals surface area contributed by atoms with Gasteiger partial charge in [-0.25, -0.2) is 4.39 Å². The second-order valence-corrected chi connectivity index (χ2v) is 4.92. The molecule has 3 N–H and O–H groups in total. The van der Waals surface area contributed by atoms with Crippen LogP contribution in [0.15, 0.2) is 18.2 Å². The Bertz CT molecular complexity index is 440. The Balaban J connectivity index is 2.77. The van der Waals surface area contributed by atoms with Crippen molar-refractivity contribution in [3.63, 3.8) is 0 Å². The molecule has 1 rings (SSSR count). The van der Waals surface area contributed by atoms with Crippen molar-refractivity contribution in [1.29, 1.82) is 5.26 Å². The molecule has 0 amide bonds. The van der Waals surface area contributed by atoms with Crippen LogP contribution in [0.4, 0.5) is 4.39 Å². The van der Waals surface area contributed by atoms with E-state index in [1.807, 2.05) is 0 Å². The lowest BCUT2D eigenvalue weighted by Gasteiger charge is -2.20. The first-order chi connectivity index (χ1) is 8.45. The quantitative estimate of drug-likeness (QED) is 0.843. The minimum atomic E-state index is -0.676. The van der Waals surface area contributed by atoms with Gasteiger partial charge in [0.25, 0.3) is 0 Å². The summed E-state index contributed by atoms with van der Waals surface area (Å²) in [5.41, 5.74) is 6.46. The summed E-state index contributed by atoms with van der Waals surface area (Å²) in [7, 11) is 0. The second-order valence-electron chi connectivity index (χ2n) is 4.92. The van der Waals surface area contributed by atoms with E-state index in [0.29, 0.717) is 17.9 Å². The summed E-state index contributed by atoms with van der Waals surface area (Å²) in [5, 5.41) is 18.7. The molecule has 0 aliphatic rings. The lowest BCUT2D eigenvalue weighted by molar-refractivity contribution is 0.128. The fourth-order valence-electron chi connectivity index (χ4n) is 1.74. The van der Waals surface area contributed by atoms with Crippen LogP contribution >= 0.6 is 0 Å². The Morgan fingerprint density at radius 2 is 2.06 bits per heavy atom. The zero-order valence-corrected chi connectivity index (χ0v) is 10.7. The highest BCUT2D eigenvalue weighted by Gasteiger charge is 2.18. The number of rotatable bonds is 5. The molecule has 98 valence electrons. The van der Waals surface area contributed by atoms with Gasteiger partial charge in [-0.3, -0.25) is 0 Å². The molecular formula is C14H19FN2O. The largest absolute Gasteiger partial charge is 0.391 e. The Hall–Kier alpha value is -1.44. The molecule has 0 saturated heterocycles. The maximum absolute atomic E-state index is 13.2. The van der Waals surface area contributed by atoms with Crippen molar-refractivity contribution in [3.8, 4) is 6.07 Å². The lowest BCUT2D eigenvalue weighted by Crippen LogP contribution is -2.26. The topological polar surface area (TPSA) is 70.0 Å². The summed E-state index contributed by atoms with van der Waals surface area (Å²) in [6.45, 7) is 4.15. The summed E-state index contributed by atoms with van der Waals surface area (Å²) in [4.78, 5) is 0. The monoisotopic (exact) mass is 250 g/mol. The fraction of sp³-hybridized carbons (Fsp3) is 0.500. The molecule has 1 aromatic rings. The van der Waals surface area contributed by atoms with Gasteiger partial charge in [-0.2, -0.15) is 5.26 Å². The van der Waals surface area contributed by atoms with E-state index >= 15 is 0 Å². The number of nitrogens with two attached hydrogens (primary N) is 1. The Labute approximate surface area is 107 Å². The van der Waals surface area contributed by atoms with Crippen LogP contribution in [0, 0.1) is 23.1 Å². The van der Waals surface area contributed by atoms with Crippen LogP contribution in [0.2, 0.25) is 0 Å². The predicted molar refractivity (Wildman–Crippen MR) is 68.1 cm³/mol. The van der Waals surface area contributed by atoms with Crippen LogP contribution in [-0.2, 0) is 0 Å². The van der Waals surface area contributed by atoms with E-state index in [0.717, 1.165) is 6.42 Å². The molecule has 0 aliphatic carbocycles. The van der Waals surface area contributed by atoms with E-state index in [-0.39, 0.29) is 5.56 Å². The van der Waals surface area contributed by atoms with Gasteiger partial charge in [0.1, 0.15) is 11.9 Å². The highest BCUT2D eigenvalue weighted by molar-refractivity contribution is 5.35. The molecule has 0 unspecified atom stereocenters. The SMILES string of the molecule is CC(C)CC[C@H](O)[C@H](N)c1ccc(F)c(C#N)c1. The maximum atomic E-state index is 13.2. The second kappa shape index (κ2) is 6.48. The van der Waals surface area contributed by atoms with Gasteiger partial charge in [0.15, 0.2) is 0 Å². The fourth-order valence-corrected chi connectivity index (χ4v) is 1.74. The molecule has 0 bridgehead atoms. The van der Waals surface area contributed by atoms with Crippen molar-refractivity contribution in [2.45, 2.75) is 38.8 Å². The van der Waals surface area contributed by atoms with Gasteiger partial charge >= 0.3 is 0 Å². The van der Waals surface area contributed by atoms with Crippen LogP contribution in [-0.4, -0.2) is 11.2 Å². The molecule has 3 nitrogen and oxygen atoms in total. The normalized spacial score (nSPS) is 14.3. The molecule has 0 heterocycles. The van der Waals surface area contributed by atoms with Gasteiger partial charge in [-0.05, 0) is 36.5 Å². The van der Waals surface area contributed by atoms with Crippen LogP contribution in [0.25, 0.3) is 0 Å². The molecule has 0 radical (unpaired) electrons. The number of benzene rings is 1. The summed E-state index contributed by atoms with van der Waals surface area (Å²) in [6, 6.07) is 5.31. The van der Waals surface area contributed by atoms with E-state index in [1.54, 1.807) is 6.07 Å². The van der Waals surface area contributed by atoms with Crippen molar-refractivity contribution >= 4 is 0 Å². The van der Waals surface area contributed by atoms with Crippen LogP contribution in [0.5, 0.6) is 0 Å². The van der Waals surface area contributed by atoms with Gasteiger partial charge in [-0.15, -0.1) is 0 Å². The highest BCUT2D eigenvalue weighted by atomic mass is 19.1. The zero-order chi connectivity index (χ0) is 13.7. The van der Waals surface area contributed by atoms with Crippen LogP contribution in [0.1, 0.15) is 43.9 Å². The van der Waals surface area contributed by atoms with Gasteiger partial charge in [-0.1, -0.05) is 19.9 Å². The van der Waals surface area contributed by atoms with Crippen molar-refractivity contribution in [2.24, 2.45) is 11.7 Å². The van der Waals surface area contributed by atoms with Gasteiger partial charge in [0.05, 0.1) is 17.7 Å². The number of nitriles is 1. The summed E-state index contributed by atoms with van der Waals surface area (Å²) in [6.07, 6.45) is 0.795. The summed E-state index contributed by atoms with van der Waals surface area (Å²) < 4.78 is 13.2. The van der Waals surface area contributed by atoms with E-state index in [2.05, 4.69) is 13.8 Å². The number of hydrogen-bond donors (Lipinski definition) is 2. The molecular weight excluding hydrogens is 231 g/mol. The van der Waals surface area contributed by atoms with E-state index in [9.17, 15) is 9.50 Å². The van der Waals surface area contributed by atoms with Crippen molar-refractivity contribution < 1.29 is 9.50 Å². The first kappa shape index (κ1) is 14.6. The molecule has 2 atom stereocenters. The number of aliphatic hydroxyl groups is 1. The zero-order valence-electron chi connectivity index (χ0n) is 10.7. The standard InChI is InChI=1S/C14H19FN2O/c1-9(2)3-6-13(18)14(17)10-4-5-12(15)11(7-10)8-16/h4-5,7,9,13-14,18H,3,6,17H2,1-2H3/t13-,14+/m0/s1. The van der Waals surface area contributed by atoms with Crippen LogP contribution in [0.3, 0.4) is 0 Å². The molecule has 0 aromatic heterocycles. The van der Waals surface area contributed by atoms with Crippen LogP contribution < -0.4 is 5.73 Å². The minimum Gasteiger partial charge on any atom is -0.391 e. The molecule has 0 spiro atoms. The summed E-state index contributed by atoms with van der Waals surface area (Å²) >= 11 is 0. The average molecular weight is 250 g/mol. The molecule has 4 heteroatoms. The van der Waals surface area contributed by atoms with Crippen molar-refractivity contribution in [2.75, 3.05) is 0 Å². The van der Waals surface area contributed by atoms with E-state index < -0.39 is 18.0 Å². The van der Waals surface area contributed by atoms with Crippen molar-refractivity contribution in [3.05, 3.63) is 35.1 Å². The average Bonchev–Trinajstić information content (AvgIpc) is 2.35. The van der Waals surface area contributed by atoms with Gasteiger partial charge < -0.3 is 10.8 Å². The smallest absolute Gasteiger partial charge is 0.140 e. The third kappa shape index (κ3) is 3.80. The van der Waals surface area contributed by atoms with Gasteiger partial charge in [0, 0.05) is 0 Å². The third-order valence-corrected chi connectivity index (χ3v) is 2.95. The molecule has 0 aliphatic heterocycles. The molecule has 0 saturated carbocycles.